The van der Waals surface area contributed by atoms with E-state index in [2.05, 4.69) is 37.5 Å². The number of aryl methyl sites for hydroxylation is 2. The predicted octanol–water partition coefficient (Wildman–Crippen LogP) is 3.21. The highest BCUT2D eigenvalue weighted by Gasteiger charge is 2.08. The number of hydrogen-bond donors (Lipinski definition) is 0. The van der Waals surface area contributed by atoms with Gasteiger partial charge in [0.1, 0.15) is 0 Å². The molecule has 2 nitrogen and oxygen atoms in total. The fraction of sp³-hybridized carbons (Fsp3) is 0.750. The largest absolute Gasteiger partial charge is 0.269 e. The molecule has 0 unspecified atom stereocenters. The van der Waals surface area contributed by atoms with Crippen LogP contribution in [-0.4, -0.2) is 21.3 Å². The molecular weight excluding hydrogens is 204 g/mol. The molecule has 1 aromatic rings. The molecule has 0 amide bonds. The molecule has 15 heavy (non-hydrogen) atoms. The number of aromatic nitrogens is 2. The maximum Gasteiger partial charge on any atom is 0.0628 e. The SMILES string of the molecule is CCSCCCn1nc(C)c(CC)c1C. The van der Waals surface area contributed by atoms with Gasteiger partial charge in [-0.05, 0) is 43.8 Å². The van der Waals surface area contributed by atoms with Crippen molar-refractivity contribution in [2.45, 2.75) is 47.1 Å². The molecule has 0 fully saturated rings. The van der Waals surface area contributed by atoms with Crippen molar-refractivity contribution >= 4 is 11.8 Å². The molecule has 0 aliphatic rings. The summed E-state index contributed by atoms with van der Waals surface area (Å²) in [5, 5.41) is 4.59. The van der Waals surface area contributed by atoms with E-state index in [0.29, 0.717) is 0 Å². The van der Waals surface area contributed by atoms with Gasteiger partial charge in [0.05, 0.1) is 5.69 Å². The lowest BCUT2D eigenvalue weighted by Gasteiger charge is -2.04. The Morgan fingerprint density at radius 2 is 2.00 bits per heavy atom. The van der Waals surface area contributed by atoms with E-state index >= 15 is 0 Å². The van der Waals surface area contributed by atoms with Crippen LogP contribution in [0.4, 0.5) is 0 Å². The molecule has 86 valence electrons. The van der Waals surface area contributed by atoms with Crippen LogP contribution in [0.1, 0.15) is 37.2 Å². The highest BCUT2D eigenvalue weighted by molar-refractivity contribution is 7.99. The zero-order valence-electron chi connectivity index (χ0n) is 10.3. The van der Waals surface area contributed by atoms with Gasteiger partial charge in [-0.2, -0.15) is 16.9 Å². The second-order valence-corrected chi connectivity index (χ2v) is 5.17. The second kappa shape index (κ2) is 6.21. The molecule has 0 saturated carbocycles. The maximum absolute atomic E-state index is 4.59. The molecule has 1 heterocycles. The van der Waals surface area contributed by atoms with E-state index in [4.69, 9.17) is 0 Å². The van der Waals surface area contributed by atoms with Crippen molar-refractivity contribution in [2.24, 2.45) is 0 Å². The van der Waals surface area contributed by atoms with E-state index in [1.54, 1.807) is 0 Å². The first-order valence-electron chi connectivity index (χ1n) is 5.81. The number of nitrogens with zero attached hydrogens (tertiary/aromatic N) is 2. The van der Waals surface area contributed by atoms with Gasteiger partial charge in [0.15, 0.2) is 0 Å². The summed E-state index contributed by atoms with van der Waals surface area (Å²) in [7, 11) is 0. The van der Waals surface area contributed by atoms with Gasteiger partial charge in [0.2, 0.25) is 0 Å². The number of thioether (sulfide) groups is 1. The summed E-state index contributed by atoms with van der Waals surface area (Å²) < 4.78 is 2.17. The standard InChI is InChI=1S/C12H22N2S/c1-5-12-10(3)13-14(11(12)4)8-7-9-15-6-2/h5-9H2,1-4H3. The third-order valence-corrected chi connectivity index (χ3v) is 3.73. The quantitative estimate of drug-likeness (QED) is 0.693. The van der Waals surface area contributed by atoms with Crippen LogP contribution >= 0.6 is 11.8 Å². The molecular formula is C12H22N2S. The Labute approximate surface area is 97.4 Å². The van der Waals surface area contributed by atoms with Gasteiger partial charge in [0, 0.05) is 12.2 Å². The van der Waals surface area contributed by atoms with Crippen molar-refractivity contribution in [2.75, 3.05) is 11.5 Å². The lowest BCUT2D eigenvalue weighted by molar-refractivity contribution is 0.586. The highest BCUT2D eigenvalue weighted by atomic mass is 32.2. The summed E-state index contributed by atoms with van der Waals surface area (Å²) in [5.74, 6) is 2.47. The van der Waals surface area contributed by atoms with Crippen molar-refractivity contribution in [1.82, 2.24) is 9.78 Å². The van der Waals surface area contributed by atoms with E-state index < -0.39 is 0 Å². The Balaban J connectivity index is 2.54. The van der Waals surface area contributed by atoms with Crippen molar-refractivity contribution < 1.29 is 0 Å². The fourth-order valence-electron chi connectivity index (χ4n) is 1.92. The van der Waals surface area contributed by atoms with Crippen LogP contribution < -0.4 is 0 Å². The average molecular weight is 226 g/mol. The lowest BCUT2D eigenvalue weighted by atomic mass is 10.1. The second-order valence-electron chi connectivity index (χ2n) is 3.78. The van der Waals surface area contributed by atoms with Crippen LogP contribution in [0.5, 0.6) is 0 Å². The smallest absolute Gasteiger partial charge is 0.0628 e. The predicted molar refractivity (Wildman–Crippen MR) is 68.7 cm³/mol. The number of hydrogen-bond acceptors (Lipinski definition) is 2. The highest BCUT2D eigenvalue weighted by Crippen LogP contribution is 2.14. The summed E-state index contributed by atoms with van der Waals surface area (Å²) in [4.78, 5) is 0. The third kappa shape index (κ3) is 3.26. The van der Waals surface area contributed by atoms with Crippen molar-refractivity contribution in [1.29, 1.82) is 0 Å². The van der Waals surface area contributed by atoms with Crippen LogP contribution in [0, 0.1) is 13.8 Å². The third-order valence-electron chi connectivity index (χ3n) is 2.75. The zero-order chi connectivity index (χ0) is 11.3. The molecule has 0 saturated heterocycles. The topological polar surface area (TPSA) is 17.8 Å². The van der Waals surface area contributed by atoms with Gasteiger partial charge in [-0.3, -0.25) is 4.68 Å². The molecule has 0 atom stereocenters. The lowest BCUT2D eigenvalue weighted by Crippen LogP contribution is -2.04. The van der Waals surface area contributed by atoms with Crippen molar-refractivity contribution in [3.63, 3.8) is 0 Å². The maximum atomic E-state index is 4.59. The molecule has 0 aromatic carbocycles. The Bertz CT molecular complexity index is 305. The first-order valence-corrected chi connectivity index (χ1v) is 6.96. The summed E-state index contributed by atoms with van der Waals surface area (Å²) in [5.41, 5.74) is 3.99. The minimum absolute atomic E-state index is 1.07. The van der Waals surface area contributed by atoms with Gasteiger partial charge in [-0.15, -0.1) is 0 Å². The van der Waals surface area contributed by atoms with E-state index in [0.717, 1.165) is 13.0 Å². The summed E-state index contributed by atoms with van der Waals surface area (Å²) in [6.07, 6.45) is 2.32. The van der Waals surface area contributed by atoms with Gasteiger partial charge in [-0.25, -0.2) is 0 Å². The first-order chi connectivity index (χ1) is 7.20. The minimum Gasteiger partial charge on any atom is -0.269 e. The Morgan fingerprint density at radius 3 is 2.53 bits per heavy atom. The van der Waals surface area contributed by atoms with Crippen LogP contribution in [0.15, 0.2) is 0 Å². The fourth-order valence-corrected chi connectivity index (χ4v) is 2.55. The number of rotatable bonds is 6. The van der Waals surface area contributed by atoms with Gasteiger partial charge in [0.25, 0.3) is 0 Å². The summed E-state index contributed by atoms with van der Waals surface area (Å²) >= 11 is 2.01. The van der Waals surface area contributed by atoms with Gasteiger partial charge in [-0.1, -0.05) is 13.8 Å². The average Bonchev–Trinajstić information content (AvgIpc) is 2.49. The Kier molecular flexibility index (Phi) is 5.23. The van der Waals surface area contributed by atoms with Gasteiger partial charge >= 0.3 is 0 Å². The van der Waals surface area contributed by atoms with Crippen molar-refractivity contribution in [3.8, 4) is 0 Å². The normalized spacial score (nSPS) is 10.9. The molecule has 0 aliphatic heterocycles. The van der Waals surface area contributed by atoms with Crippen LogP contribution in [-0.2, 0) is 13.0 Å². The van der Waals surface area contributed by atoms with Crippen LogP contribution in [0.25, 0.3) is 0 Å². The van der Waals surface area contributed by atoms with Crippen LogP contribution in [0.2, 0.25) is 0 Å². The van der Waals surface area contributed by atoms with Crippen LogP contribution in [0.3, 0.4) is 0 Å². The molecule has 0 radical (unpaired) electrons. The Morgan fingerprint density at radius 1 is 1.27 bits per heavy atom. The summed E-state index contributed by atoms with van der Waals surface area (Å²) in [6, 6.07) is 0. The molecule has 0 N–H and O–H groups in total. The molecule has 1 rings (SSSR count). The van der Waals surface area contributed by atoms with E-state index in [1.165, 1.54) is 34.9 Å². The molecule has 0 aliphatic carbocycles. The van der Waals surface area contributed by atoms with E-state index in [9.17, 15) is 0 Å². The first kappa shape index (κ1) is 12.6. The zero-order valence-corrected chi connectivity index (χ0v) is 11.2. The Hall–Kier alpha value is -0.440. The van der Waals surface area contributed by atoms with E-state index in [1.807, 2.05) is 11.8 Å². The minimum atomic E-state index is 1.07. The van der Waals surface area contributed by atoms with Crippen molar-refractivity contribution in [3.05, 3.63) is 17.0 Å². The summed E-state index contributed by atoms with van der Waals surface area (Å²) in [6.45, 7) is 9.78. The van der Waals surface area contributed by atoms with Gasteiger partial charge < -0.3 is 0 Å². The molecule has 3 heteroatoms. The molecule has 1 aromatic heterocycles. The van der Waals surface area contributed by atoms with E-state index in [-0.39, 0.29) is 0 Å². The molecule has 0 bridgehead atoms. The monoisotopic (exact) mass is 226 g/mol. The molecule has 0 spiro atoms.